The molecular weight excluding hydrogens is 367 g/mol. The summed E-state index contributed by atoms with van der Waals surface area (Å²) in [6.45, 7) is 3.24. The first-order chi connectivity index (χ1) is 12.9. The third-order valence-electron chi connectivity index (χ3n) is 5.20. The van der Waals surface area contributed by atoms with Crippen molar-refractivity contribution in [1.82, 2.24) is 10.2 Å². The summed E-state index contributed by atoms with van der Waals surface area (Å²) in [5.74, 6) is -0.478. The monoisotopic (exact) mass is 390 g/mol. The van der Waals surface area contributed by atoms with Crippen LogP contribution in [0.3, 0.4) is 0 Å². The standard InChI is InChI=1S/C21H24ClFN2O2/c1-15(26)24-21(18-4-2-3-5-19(18)23)10-12-25(13-11-21)14-20(27)16-6-8-17(22)9-7-16/h2-9,20,27H,10-14H2,1H3,(H,24,26). The molecule has 0 radical (unpaired) electrons. The topological polar surface area (TPSA) is 52.6 Å². The molecule has 2 aromatic rings. The first kappa shape index (κ1) is 19.8. The molecule has 1 heterocycles. The molecule has 2 N–H and O–H groups in total. The minimum absolute atomic E-state index is 0.173. The Morgan fingerprint density at radius 1 is 1.22 bits per heavy atom. The Bertz CT molecular complexity index is 789. The zero-order valence-electron chi connectivity index (χ0n) is 15.3. The van der Waals surface area contributed by atoms with E-state index in [2.05, 4.69) is 10.2 Å². The molecule has 144 valence electrons. The normalized spacial score (nSPS) is 18.1. The highest BCUT2D eigenvalue weighted by Gasteiger charge is 2.39. The average molecular weight is 391 g/mol. The highest BCUT2D eigenvalue weighted by molar-refractivity contribution is 6.30. The second-order valence-electron chi connectivity index (χ2n) is 7.11. The molecule has 27 heavy (non-hydrogen) atoms. The zero-order chi connectivity index (χ0) is 19.4. The zero-order valence-corrected chi connectivity index (χ0v) is 16.0. The van der Waals surface area contributed by atoms with Crippen molar-refractivity contribution < 1.29 is 14.3 Å². The van der Waals surface area contributed by atoms with Gasteiger partial charge in [-0.25, -0.2) is 4.39 Å². The largest absolute Gasteiger partial charge is 0.387 e. The van der Waals surface area contributed by atoms with Gasteiger partial charge in [-0.3, -0.25) is 4.79 Å². The second-order valence-corrected chi connectivity index (χ2v) is 7.55. The van der Waals surface area contributed by atoms with Gasteiger partial charge in [0.2, 0.25) is 5.91 Å². The van der Waals surface area contributed by atoms with Crippen LogP contribution in [0.25, 0.3) is 0 Å². The van der Waals surface area contributed by atoms with Crippen LogP contribution in [0.2, 0.25) is 5.02 Å². The summed E-state index contributed by atoms with van der Waals surface area (Å²) in [7, 11) is 0. The van der Waals surface area contributed by atoms with Gasteiger partial charge in [0.05, 0.1) is 11.6 Å². The van der Waals surface area contributed by atoms with E-state index in [1.165, 1.54) is 13.0 Å². The van der Waals surface area contributed by atoms with Crippen molar-refractivity contribution in [2.75, 3.05) is 19.6 Å². The van der Waals surface area contributed by atoms with E-state index in [0.717, 1.165) is 5.56 Å². The minimum Gasteiger partial charge on any atom is -0.387 e. The summed E-state index contributed by atoms with van der Waals surface area (Å²) in [4.78, 5) is 13.9. The molecule has 0 aliphatic carbocycles. The Balaban J connectivity index is 1.70. The molecule has 1 aliphatic rings. The number of nitrogens with one attached hydrogen (secondary N) is 1. The van der Waals surface area contributed by atoms with Crippen molar-refractivity contribution in [1.29, 1.82) is 0 Å². The average Bonchev–Trinajstić information content (AvgIpc) is 2.64. The Morgan fingerprint density at radius 3 is 2.44 bits per heavy atom. The summed E-state index contributed by atoms with van der Waals surface area (Å²) in [5.41, 5.74) is 0.629. The van der Waals surface area contributed by atoms with E-state index in [1.54, 1.807) is 30.3 Å². The number of β-amino-alcohol motifs (C(OH)–C–C–N with tert-alkyl or cyclic N) is 1. The van der Waals surface area contributed by atoms with Gasteiger partial charge >= 0.3 is 0 Å². The van der Waals surface area contributed by atoms with Gasteiger partial charge in [-0.2, -0.15) is 0 Å². The third-order valence-corrected chi connectivity index (χ3v) is 5.45. The SMILES string of the molecule is CC(=O)NC1(c2ccccc2F)CCN(CC(O)c2ccc(Cl)cc2)CC1. The number of carbonyl (C=O) groups excluding carboxylic acids is 1. The third kappa shape index (κ3) is 4.67. The maximum Gasteiger partial charge on any atom is 0.217 e. The molecule has 1 unspecified atom stereocenters. The van der Waals surface area contributed by atoms with E-state index in [-0.39, 0.29) is 11.7 Å². The number of amides is 1. The fourth-order valence-electron chi connectivity index (χ4n) is 3.80. The summed E-state index contributed by atoms with van der Waals surface area (Å²) in [5, 5.41) is 14.1. The summed E-state index contributed by atoms with van der Waals surface area (Å²) in [6, 6.07) is 13.8. The fraction of sp³-hybridized carbons (Fsp3) is 0.381. The number of nitrogens with zero attached hydrogens (tertiary/aromatic N) is 1. The molecule has 1 fully saturated rings. The summed E-state index contributed by atoms with van der Waals surface area (Å²) >= 11 is 5.89. The van der Waals surface area contributed by atoms with Gasteiger partial charge in [0.15, 0.2) is 0 Å². The Kier molecular flexibility index (Phi) is 6.15. The number of carbonyl (C=O) groups is 1. The van der Waals surface area contributed by atoms with Gasteiger partial charge in [0.1, 0.15) is 5.82 Å². The fourth-order valence-corrected chi connectivity index (χ4v) is 3.93. The minimum atomic E-state index is -0.709. The van der Waals surface area contributed by atoms with Crippen LogP contribution < -0.4 is 5.32 Å². The lowest BCUT2D eigenvalue weighted by Crippen LogP contribution is -2.53. The van der Waals surface area contributed by atoms with Gasteiger partial charge in [-0.15, -0.1) is 0 Å². The number of hydrogen-bond donors (Lipinski definition) is 2. The number of rotatable bonds is 5. The van der Waals surface area contributed by atoms with Gasteiger partial charge in [-0.05, 0) is 36.6 Å². The van der Waals surface area contributed by atoms with E-state index in [4.69, 9.17) is 11.6 Å². The molecule has 0 bridgehead atoms. The summed E-state index contributed by atoms with van der Waals surface area (Å²) in [6.07, 6.45) is 0.547. The number of hydrogen-bond acceptors (Lipinski definition) is 3. The first-order valence-electron chi connectivity index (χ1n) is 9.09. The van der Waals surface area contributed by atoms with Crippen LogP contribution in [0.15, 0.2) is 48.5 Å². The maximum absolute atomic E-state index is 14.4. The molecule has 1 atom stereocenters. The van der Waals surface area contributed by atoms with E-state index in [0.29, 0.717) is 43.1 Å². The lowest BCUT2D eigenvalue weighted by Gasteiger charge is -2.43. The molecular formula is C21H24ClFN2O2. The quantitative estimate of drug-likeness (QED) is 0.819. The summed E-state index contributed by atoms with van der Waals surface area (Å²) < 4.78 is 14.4. The second kappa shape index (κ2) is 8.38. The maximum atomic E-state index is 14.4. The number of aliphatic hydroxyl groups excluding tert-OH is 1. The van der Waals surface area contributed by atoms with Crippen LogP contribution in [0.5, 0.6) is 0 Å². The van der Waals surface area contributed by atoms with Gasteiger partial charge in [-0.1, -0.05) is 41.9 Å². The van der Waals surface area contributed by atoms with Gasteiger partial charge < -0.3 is 15.3 Å². The van der Waals surface area contributed by atoms with E-state index < -0.39 is 11.6 Å². The lowest BCUT2D eigenvalue weighted by atomic mass is 9.80. The highest BCUT2D eigenvalue weighted by Crippen LogP contribution is 2.35. The van der Waals surface area contributed by atoms with Crippen LogP contribution in [-0.4, -0.2) is 35.5 Å². The number of aliphatic hydroxyl groups is 1. The van der Waals surface area contributed by atoms with Gasteiger partial charge in [0.25, 0.3) is 0 Å². The molecule has 1 amide bonds. The van der Waals surface area contributed by atoms with Crippen molar-refractivity contribution in [3.05, 3.63) is 70.5 Å². The van der Waals surface area contributed by atoms with Gasteiger partial charge in [0, 0.05) is 37.1 Å². The Morgan fingerprint density at radius 2 is 1.85 bits per heavy atom. The van der Waals surface area contributed by atoms with Crippen molar-refractivity contribution in [2.45, 2.75) is 31.4 Å². The molecule has 4 nitrogen and oxygen atoms in total. The molecule has 0 saturated carbocycles. The molecule has 2 aromatic carbocycles. The molecule has 0 spiro atoms. The Labute approximate surface area is 164 Å². The van der Waals surface area contributed by atoms with Crippen molar-refractivity contribution in [3.8, 4) is 0 Å². The molecule has 0 aromatic heterocycles. The van der Waals surface area contributed by atoms with E-state index in [1.807, 2.05) is 12.1 Å². The van der Waals surface area contributed by atoms with Crippen molar-refractivity contribution in [3.63, 3.8) is 0 Å². The van der Waals surface area contributed by atoms with E-state index in [9.17, 15) is 14.3 Å². The van der Waals surface area contributed by atoms with Crippen LogP contribution >= 0.6 is 11.6 Å². The smallest absolute Gasteiger partial charge is 0.217 e. The van der Waals surface area contributed by atoms with E-state index >= 15 is 0 Å². The Hall–Kier alpha value is -1.95. The first-order valence-corrected chi connectivity index (χ1v) is 9.47. The predicted octanol–water partition coefficient (Wildman–Crippen LogP) is 3.64. The highest BCUT2D eigenvalue weighted by atomic mass is 35.5. The molecule has 1 saturated heterocycles. The lowest BCUT2D eigenvalue weighted by molar-refractivity contribution is -0.121. The number of benzene rings is 2. The van der Waals surface area contributed by atoms with Crippen molar-refractivity contribution in [2.24, 2.45) is 0 Å². The van der Waals surface area contributed by atoms with Crippen LogP contribution in [-0.2, 0) is 10.3 Å². The predicted molar refractivity (Wildman–Crippen MR) is 104 cm³/mol. The number of likely N-dealkylation sites (tertiary alicyclic amines) is 1. The van der Waals surface area contributed by atoms with Crippen LogP contribution in [0, 0.1) is 5.82 Å². The molecule has 3 rings (SSSR count). The molecule has 6 heteroatoms. The van der Waals surface area contributed by atoms with Crippen LogP contribution in [0.1, 0.15) is 37.0 Å². The number of halogens is 2. The van der Waals surface area contributed by atoms with Crippen LogP contribution in [0.4, 0.5) is 4.39 Å². The number of piperidine rings is 1. The van der Waals surface area contributed by atoms with Crippen molar-refractivity contribution >= 4 is 17.5 Å². The molecule has 1 aliphatic heterocycles.